The number of carbonyl (C=O) groups excluding carboxylic acids is 1. The summed E-state index contributed by atoms with van der Waals surface area (Å²) in [6.07, 6.45) is 2.22. The molecule has 1 N–H and O–H groups in total. The Morgan fingerprint density at radius 3 is 2.25 bits per heavy atom. The van der Waals surface area contributed by atoms with E-state index in [1.165, 1.54) is 12.1 Å². The first-order valence-corrected chi connectivity index (χ1v) is 9.48. The van der Waals surface area contributed by atoms with Crippen LogP contribution in [0.15, 0.2) is 48.5 Å². The number of carbonyl (C=O) groups is 2. The van der Waals surface area contributed by atoms with Crippen LogP contribution < -0.4 is 4.74 Å². The second-order valence-corrected chi connectivity index (χ2v) is 7.69. The van der Waals surface area contributed by atoms with Crippen molar-refractivity contribution in [3.8, 4) is 16.9 Å². The summed E-state index contributed by atoms with van der Waals surface area (Å²) in [4.78, 5) is 25.8. The fraction of sp³-hybridized carbons (Fsp3) is 0.364. The molecule has 0 radical (unpaired) electrons. The third-order valence-electron chi connectivity index (χ3n) is 5.59. The fourth-order valence-electron chi connectivity index (χ4n) is 3.61. The Balaban J connectivity index is 1.41. The number of rotatable bonds is 6. The molecule has 146 valence electrons. The minimum absolute atomic E-state index is 0.0205. The molecule has 6 heteroatoms. The third kappa shape index (κ3) is 3.72. The second kappa shape index (κ2) is 7.26. The van der Waals surface area contributed by atoms with Gasteiger partial charge in [0.1, 0.15) is 23.6 Å². The Hall–Kier alpha value is -2.89. The Kier molecular flexibility index (Phi) is 4.79. The van der Waals surface area contributed by atoms with Gasteiger partial charge < -0.3 is 14.7 Å². The van der Waals surface area contributed by atoms with Gasteiger partial charge in [0.2, 0.25) is 5.91 Å². The molecule has 2 aromatic carbocycles. The monoisotopic (exact) mass is 383 g/mol. The Morgan fingerprint density at radius 2 is 1.68 bits per heavy atom. The van der Waals surface area contributed by atoms with E-state index in [1.807, 2.05) is 12.1 Å². The van der Waals surface area contributed by atoms with Crippen molar-refractivity contribution in [2.24, 2.45) is 11.3 Å². The molecule has 0 aromatic heterocycles. The van der Waals surface area contributed by atoms with E-state index in [0.717, 1.165) is 24.0 Å². The lowest BCUT2D eigenvalue weighted by atomic mass is 9.88. The summed E-state index contributed by atoms with van der Waals surface area (Å²) in [7, 11) is 0. The zero-order valence-corrected chi connectivity index (χ0v) is 15.4. The number of benzene rings is 2. The van der Waals surface area contributed by atoms with E-state index in [2.05, 4.69) is 0 Å². The number of hydrogen-bond donors (Lipinski definition) is 1. The maximum atomic E-state index is 13.0. The minimum atomic E-state index is -1.07. The molecule has 1 unspecified atom stereocenters. The van der Waals surface area contributed by atoms with Gasteiger partial charge in [0.25, 0.3) is 0 Å². The van der Waals surface area contributed by atoms with Crippen LogP contribution in [0.4, 0.5) is 4.39 Å². The van der Waals surface area contributed by atoms with Gasteiger partial charge in [0.15, 0.2) is 0 Å². The van der Waals surface area contributed by atoms with Gasteiger partial charge in [-0.1, -0.05) is 24.3 Å². The second-order valence-electron chi connectivity index (χ2n) is 7.69. The number of amides is 1. The topological polar surface area (TPSA) is 66.8 Å². The molecule has 1 heterocycles. The molecule has 1 amide bonds. The first kappa shape index (κ1) is 18.5. The highest BCUT2D eigenvalue weighted by molar-refractivity contribution is 5.83. The highest BCUT2D eigenvalue weighted by Crippen LogP contribution is 2.37. The van der Waals surface area contributed by atoms with Crippen molar-refractivity contribution in [1.29, 1.82) is 0 Å². The van der Waals surface area contributed by atoms with E-state index in [9.17, 15) is 19.1 Å². The zero-order chi connectivity index (χ0) is 19.7. The summed E-state index contributed by atoms with van der Waals surface area (Å²) in [5.41, 5.74) is 0.738. The lowest BCUT2D eigenvalue weighted by Crippen LogP contribution is -2.41. The Bertz CT molecular complexity index is 876. The number of halogens is 1. The summed E-state index contributed by atoms with van der Waals surface area (Å²) in [5, 5.41) is 9.76. The van der Waals surface area contributed by atoms with Crippen LogP contribution in [0, 0.1) is 17.2 Å². The van der Waals surface area contributed by atoms with Crippen LogP contribution in [0.5, 0.6) is 5.75 Å². The highest BCUT2D eigenvalue weighted by Gasteiger charge is 2.49. The summed E-state index contributed by atoms with van der Waals surface area (Å²) in [6.45, 7) is 0.687. The van der Waals surface area contributed by atoms with Crippen LogP contribution in [0.25, 0.3) is 11.1 Å². The lowest BCUT2D eigenvalue weighted by molar-refractivity contribution is -0.150. The number of carboxylic acids is 1. The molecular formula is C22H22FNO4. The molecule has 28 heavy (non-hydrogen) atoms. The molecule has 0 bridgehead atoms. The van der Waals surface area contributed by atoms with E-state index in [0.29, 0.717) is 18.7 Å². The average molecular weight is 383 g/mol. The summed E-state index contributed by atoms with van der Waals surface area (Å²) < 4.78 is 18.8. The molecule has 2 aliphatic rings. The van der Waals surface area contributed by atoms with E-state index < -0.39 is 11.4 Å². The van der Waals surface area contributed by atoms with E-state index in [4.69, 9.17) is 4.74 Å². The summed E-state index contributed by atoms with van der Waals surface area (Å²) in [6, 6.07) is 13.5. The van der Waals surface area contributed by atoms with Gasteiger partial charge in [-0.15, -0.1) is 0 Å². The summed E-state index contributed by atoms with van der Waals surface area (Å²) >= 11 is 0. The molecule has 4 rings (SSSR count). The van der Waals surface area contributed by atoms with Crippen molar-refractivity contribution < 1.29 is 23.8 Å². The SMILES string of the molecule is O=C(C1CC1)N1CCC(COc2ccc(-c3ccc(F)cc3)cc2)(C(=O)O)C1. The molecule has 2 fully saturated rings. The van der Waals surface area contributed by atoms with E-state index >= 15 is 0 Å². The van der Waals surface area contributed by atoms with Gasteiger partial charge in [0.05, 0.1) is 0 Å². The standard InChI is InChI=1S/C22H22FNO4/c23-18-7-3-15(4-8-18)16-5-9-19(10-6-16)28-14-22(21(26)27)11-12-24(13-22)20(25)17-1-2-17/h3-10,17H,1-2,11-14H2,(H,26,27). The smallest absolute Gasteiger partial charge is 0.315 e. The first-order valence-electron chi connectivity index (χ1n) is 9.48. The van der Waals surface area contributed by atoms with Crippen LogP contribution in [-0.4, -0.2) is 41.6 Å². The van der Waals surface area contributed by atoms with Crippen molar-refractivity contribution in [3.05, 3.63) is 54.3 Å². The Morgan fingerprint density at radius 1 is 1.07 bits per heavy atom. The maximum absolute atomic E-state index is 13.0. The van der Waals surface area contributed by atoms with Gasteiger partial charge in [0, 0.05) is 19.0 Å². The van der Waals surface area contributed by atoms with Gasteiger partial charge in [-0.05, 0) is 54.7 Å². The van der Waals surface area contributed by atoms with Crippen molar-refractivity contribution in [1.82, 2.24) is 4.90 Å². The molecule has 1 aliphatic heterocycles. The largest absolute Gasteiger partial charge is 0.492 e. The van der Waals surface area contributed by atoms with Crippen molar-refractivity contribution in [2.45, 2.75) is 19.3 Å². The van der Waals surface area contributed by atoms with Crippen molar-refractivity contribution in [2.75, 3.05) is 19.7 Å². The molecule has 1 aliphatic carbocycles. The number of likely N-dealkylation sites (tertiary alicyclic amines) is 1. The van der Waals surface area contributed by atoms with Gasteiger partial charge in [-0.3, -0.25) is 9.59 Å². The van der Waals surface area contributed by atoms with Gasteiger partial charge >= 0.3 is 5.97 Å². The number of ether oxygens (including phenoxy) is 1. The van der Waals surface area contributed by atoms with Crippen molar-refractivity contribution in [3.63, 3.8) is 0 Å². The predicted octanol–water partition coefficient (Wildman–Crippen LogP) is 3.58. The number of hydrogen-bond acceptors (Lipinski definition) is 3. The van der Waals surface area contributed by atoms with Crippen LogP contribution in [-0.2, 0) is 9.59 Å². The quantitative estimate of drug-likeness (QED) is 0.828. The molecule has 1 saturated carbocycles. The highest BCUT2D eigenvalue weighted by atomic mass is 19.1. The molecular weight excluding hydrogens is 361 g/mol. The fourth-order valence-corrected chi connectivity index (χ4v) is 3.61. The van der Waals surface area contributed by atoms with Crippen LogP contribution in [0.3, 0.4) is 0 Å². The van der Waals surface area contributed by atoms with Gasteiger partial charge in [-0.25, -0.2) is 4.39 Å². The lowest BCUT2D eigenvalue weighted by Gasteiger charge is -2.25. The minimum Gasteiger partial charge on any atom is -0.492 e. The normalized spacial score (nSPS) is 21.5. The first-order chi connectivity index (χ1) is 13.5. The van der Waals surface area contributed by atoms with Crippen LogP contribution in [0.2, 0.25) is 0 Å². The number of nitrogens with zero attached hydrogens (tertiary/aromatic N) is 1. The molecule has 0 spiro atoms. The predicted molar refractivity (Wildman–Crippen MR) is 101 cm³/mol. The summed E-state index contributed by atoms with van der Waals surface area (Å²) in [5.74, 6) is -0.482. The van der Waals surface area contributed by atoms with E-state index in [-0.39, 0.29) is 30.8 Å². The molecule has 1 atom stereocenters. The van der Waals surface area contributed by atoms with Crippen LogP contribution in [0.1, 0.15) is 19.3 Å². The number of aliphatic carboxylic acids is 1. The Labute approximate surface area is 162 Å². The molecule has 1 saturated heterocycles. The van der Waals surface area contributed by atoms with Crippen LogP contribution >= 0.6 is 0 Å². The third-order valence-corrected chi connectivity index (χ3v) is 5.59. The number of carboxylic acid groups (broad SMARTS) is 1. The zero-order valence-electron chi connectivity index (χ0n) is 15.4. The van der Waals surface area contributed by atoms with E-state index in [1.54, 1.807) is 29.2 Å². The van der Waals surface area contributed by atoms with Crippen molar-refractivity contribution >= 4 is 11.9 Å². The maximum Gasteiger partial charge on any atom is 0.315 e. The van der Waals surface area contributed by atoms with Gasteiger partial charge in [-0.2, -0.15) is 0 Å². The molecule has 5 nitrogen and oxygen atoms in total. The average Bonchev–Trinajstić information content (AvgIpc) is 3.46. The molecule has 2 aromatic rings.